The van der Waals surface area contributed by atoms with Crippen LogP contribution in [0.1, 0.15) is 131 Å². The Balaban J connectivity index is 0.000000434. The van der Waals surface area contributed by atoms with Gasteiger partial charge in [-0.3, -0.25) is 4.57 Å². The first kappa shape index (κ1) is 35.3. The van der Waals surface area contributed by atoms with Crippen LogP contribution in [0, 0.1) is 0 Å². The van der Waals surface area contributed by atoms with Gasteiger partial charge >= 0.3 is 0 Å². The molecule has 2 aromatic rings. The molecule has 0 fully saturated rings. The summed E-state index contributed by atoms with van der Waals surface area (Å²) in [6.07, 6.45) is 2.36. The number of para-hydroxylation sites is 1. The highest BCUT2D eigenvalue weighted by Crippen LogP contribution is 2.48. The molecule has 0 aliphatic carbocycles. The van der Waals surface area contributed by atoms with Crippen LogP contribution < -0.4 is 0 Å². The number of phenols is 2. The number of rotatable bonds is 6. The van der Waals surface area contributed by atoms with Crippen molar-refractivity contribution in [1.82, 2.24) is 0 Å². The van der Waals surface area contributed by atoms with Crippen LogP contribution in [-0.4, -0.2) is 23.5 Å². The lowest BCUT2D eigenvalue weighted by Gasteiger charge is -2.28. The fourth-order valence-corrected chi connectivity index (χ4v) is 5.91. The van der Waals surface area contributed by atoms with E-state index in [1.54, 1.807) is 6.66 Å². The molecule has 0 aliphatic heterocycles. The van der Waals surface area contributed by atoms with Gasteiger partial charge in [-0.1, -0.05) is 127 Å². The monoisotopic (exact) mass is 560 g/mol. The summed E-state index contributed by atoms with van der Waals surface area (Å²) >= 11 is 0. The zero-order valence-electron chi connectivity index (χ0n) is 27.4. The summed E-state index contributed by atoms with van der Waals surface area (Å²) in [6.45, 7) is 29.6. The van der Waals surface area contributed by atoms with Crippen LogP contribution in [0.4, 0.5) is 0 Å². The molecule has 5 heteroatoms. The van der Waals surface area contributed by atoms with E-state index in [1.807, 2.05) is 30.3 Å². The minimum Gasteiger partial charge on any atom is -0.507 e. The Morgan fingerprint density at radius 1 is 0.692 bits per heavy atom. The summed E-state index contributed by atoms with van der Waals surface area (Å²) in [5.41, 5.74) is 4.45. The van der Waals surface area contributed by atoms with Crippen LogP contribution in [0.3, 0.4) is 0 Å². The number of hydrogen-bond donors (Lipinski definition) is 2. The predicted molar refractivity (Wildman–Crippen MR) is 169 cm³/mol. The second-order valence-electron chi connectivity index (χ2n) is 15.1. The molecule has 1 atom stereocenters. The van der Waals surface area contributed by atoms with E-state index in [1.165, 1.54) is 0 Å². The molecule has 0 saturated carbocycles. The zero-order chi connectivity index (χ0) is 30.6. The average Bonchev–Trinajstić information content (AvgIpc) is 2.72. The molecule has 222 valence electrons. The Bertz CT molecular complexity index is 1070. The summed E-state index contributed by atoms with van der Waals surface area (Å²) < 4.78 is 18.4. The largest absolute Gasteiger partial charge is 0.507 e. The van der Waals surface area contributed by atoms with Crippen molar-refractivity contribution in [2.45, 2.75) is 131 Å². The molecule has 0 aromatic heterocycles. The van der Waals surface area contributed by atoms with Crippen molar-refractivity contribution in [3.63, 3.8) is 0 Å². The second kappa shape index (κ2) is 12.8. The van der Waals surface area contributed by atoms with Gasteiger partial charge < -0.3 is 14.7 Å². The SMILES string of the molecule is CC(C)(C)c1cccc(C(C)(C)C)c1O.CCCCOP(C)(=O)Cc1cc(C(C)(C)C)c(O)c(C(C)(C)C)c1. The standard InChI is InChI=1S/C20H35O3P.C14H22O/c1-9-10-11-23-24(8,22)14-15-12-16(19(2,3)4)18(21)17(13-15)20(5,6)7;1-13(2,3)10-8-7-9-11(12(10)15)14(4,5)6/h12-13,21H,9-11,14H2,1-8H3;7-9,15H,1-6H3. The highest BCUT2D eigenvalue weighted by Gasteiger charge is 2.28. The van der Waals surface area contributed by atoms with E-state index in [4.69, 9.17) is 4.52 Å². The molecule has 39 heavy (non-hydrogen) atoms. The number of benzene rings is 2. The van der Waals surface area contributed by atoms with Gasteiger partial charge in [0, 0.05) is 12.8 Å². The van der Waals surface area contributed by atoms with Crippen LogP contribution in [0.25, 0.3) is 0 Å². The molecule has 0 amide bonds. The molecule has 2 N–H and O–H groups in total. The smallest absolute Gasteiger partial charge is 0.204 e. The maximum absolute atomic E-state index is 12.8. The van der Waals surface area contributed by atoms with Crippen molar-refractivity contribution in [1.29, 1.82) is 0 Å². The number of unbranched alkanes of at least 4 members (excludes halogenated alkanes) is 1. The molecule has 0 bridgehead atoms. The number of phenolic OH excluding ortho intramolecular Hbond substituents is 2. The summed E-state index contributed by atoms with van der Waals surface area (Å²) in [5, 5.41) is 21.0. The van der Waals surface area contributed by atoms with Gasteiger partial charge in [-0.15, -0.1) is 0 Å². The Morgan fingerprint density at radius 2 is 1.05 bits per heavy atom. The maximum atomic E-state index is 12.8. The summed E-state index contributed by atoms with van der Waals surface area (Å²) in [5.74, 6) is 0.814. The van der Waals surface area contributed by atoms with Crippen LogP contribution >= 0.6 is 7.37 Å². The first-order valence-corrected chi connectivity index (χ1v) is 16.6. The van der Waals surface area contributed by atoms with Gasteiger partial charge in [0.1, 0.15) is 11.5 Å². The summed E-state index contributed by atoms with van der Waals surface area (Å²) in [7, 11) is -2.69. The Morgan fingerprint density at radius 3 is 1.38 bits per heavy atom. The molecule has 2 rings (SSSR count). The maximum Gasteiger partial charge on any atom is 0.204 e. The molecule has 0 radical (unpaired) electrons. The highest BCUT2D eigenvalue weighted by molar-refractivity contribution is 7.57. The fourth-order valence-electron chi connectivity index (χ4n) is 4.46. The lowest BCUT2D eigenvalue weighted by atomic mass is 9.78. The van der Waals surface area contributed by atoms with Gasteiger partial charge in [0.2, 0.25) is 7.37 Å². The number of hydrogen-bond acceptors (Lipinski definition) is 4. The zero-order valence-corrected chi connectivity index (χ0v) is 28.3. The second-order valence-corrected chi connectivity index (χ2v) is 17.7. The molecule has 0 aliphatic rings. The molecule has 1 unspecified atom stereocenters. The van der Waals surface area contributed by atoms with Gasteiger partial charge in [-0.25, -0.2) is 0 Å². The third kappa shape index (κ3) is 10.6. The van der Waals surface area contributed by atoms with Crippen molar-refractivity contribution in [3.8, 4) is 11.5 Å². The fraction of sp³-hybridized carbons (Fsp3) is 0.647. The normalized spacial score (nSPS) is 14.4. The molecular weight excluding hydrogens is 503 g/mol. The molecular formula is C34H57O4P. The van der Waals surface area contributed by atoms with E-state index in [2.05, 4.69) is 90.0 Å². The van der Waals surface area contributed by atoms with E-state index >= 15 is 0 Å². The minimum absolute atomic E-state index is 0.00859. The summed E-state index contributed by atoms with van der Waals surface area (Å²) in [4.78, 5) is 0. The van der Waals surface area contributed by atoms with Crippen LogP contribution in [0.5, 0.6) is 11.5 Å². The first-order chi connectivity index (χ1) is 17.4. The van der Waals surface area contributed by atoms with Crippen molar-refractivity contribution >= 4 is 7.37 Å². The molecule has 4 nitrogen and oxygen atoms in total. The van der Waals surface area contributed by atoms with Gasteiger partial charge in [-0.05, 0) is 55.9 Å². The van der Waals surface area contributed by atoms with Crippen molar-refractivity contribution in [2.24, 2.45) is 0 Å². The van der Waals surface area contributed by atoms with E-state index in [0.717, 1.165) is 40.7 Å². The number of aromatic hydroxyl groups is 2. The van der Waals surface area contributed by atoms with Crippen molar-refractivity contribution in [2.75, 3.05) is 13.3 Å². The van der Waals surface area contributed by atoms with Gasteiger partial charge in [-0.2, -0.15) is 0 Å². The van der Waals surface area contributed by atoms with Crippen molar-refractivity contribution in [3.05, 3.63) is 58.1 Å². The Labute approximate surface area is 240 Å². The highest BCUT2D eigenvalue weighted by atomic mass is 31.2. The van der Waals surface area contributed by atoms with Gasteiger partial charge in [0.05, 0.1) is 6.61 Å². The molecule has 2 aromatic carbocycles. The third-order valence-electron chi connectivity index (χ3n) is 6.77. The van der Waals surface area contributed by atoms with E-state index in [0.29, 0.717) is 24.3 Å². The van der Waals surface area contributed by atoms with Crippen molar-refractivity contribution < 1.29 is 19.3 Å². The minimum atomic E-state index is -2.69. The van der Waals surface area contributed by atoms with Crippen LogP contribution in [-0.2, 0) is 36.9 Å². The van der Waals surface area contributed by atoms with E-state index in [9.17, 15) is 14.8 Å². The molecule has 0 spiro atoms. The summed E-state index contributed by atoms with van der Waals surface area (Å²) in [6, 6.07) is 10.0. The van der Waals surface area contributed by atoms with E-state index < -0.39 is 7.37 Å². The predicted octanol–water partition coefficient (Wildman–Crippen LogP) is 10.2. The molecule has 0 saturated heterocycles. The Kier molecular flexibility index (Phi) is 11.6. The lowest BCUT2D eigenvalue weighted by molar-refractivity contribution is 0.308. The topological polar surface area (TPSA) is 66.8 Å². The van der Waals surface area contributed by atoms with E-state index in [-0.39, 0.29) is 21.7 Å². The first-order valence-electron chi connectivity index (χ1n) is 14.3. The van der Waals surface area contributed by atoms with Gasteiger partial charge in [0.15, 0.2) is 0 Å². The molecule has 0 heterocycles. The average molecular weight is 561 g/mol. The quantitative estimate of drug-likeness (QED) is 0.272. The van der Waals surface area contributed by atoms with Crippen LogP contribution in [0.15, 0.2) is 30.3 Å². The Hall–Kier alpha value is -1.77. The third-order valence-corrected chi connectivity index (χ3v) is 8.44. The van der Waals surface area contributed by atoms with Crippen LogP contribution in [0.2, 0.25) is 0 Å². The van der Waals surface area contributed by atoms with Gasteiger partial charge in [0.25, 0.3) is 0 Å². The lowest BCUT2D eigenvalue weighted by Crippen LogP contribution is -2.18.